The number of rotatable bonds is 3. The molecule has 1 aromatic rings. The van der Waals surface area contributed by atoms with Crippen LogP contribution in [0.2, 0.25) is 5.02 Å². The van der Waals surface area contributed by atoms with Gasteiger partial charge >= 0.3 is 0 Å². The van der Waals surface area contributed by atoms with Gasteiger partial charge in [0, 0.05) is 18.1 Å². The van der Waals surface area contributed by atoms with Gasteiger partial charge in [-0.1, -0.05) is 11.6 Å². The number of hydrogen-bond donors (Lipinski definition) is 1. The molecule has 1 atom stereocenters. The topological polar surface area (TPSA) is 72.6 Å². The van der Waals surface area contributed by atoms with E-state index >= 15 is 0 Å². The lowest BCUT2D eigenvalue weighted by molar-refractivity contribution is -0.129. The molecule has 0 bridgehead atoms. The minimum atomic E-state index is -0.681. The van der Waals surface area contributed by atoms with E-state index in [1.807, 2.05) is 0 Å². The van der Waals surface area contributed by atoms with Crippen molar-refractivity contribution in [2.45, 2.75) is 19.8 Å². The maximum absolute atomic E-state index is 12.7. The molecule has 0 saturated carbocycles. The highest BCUT2D eigenvalue weighted by atomic mass is 35.5. The van der Waals surface area contributed by atoms with Gasteiger partial charge in [-0.05, 0) is 38.0 Å². The zero-order valence-electron chi connectivity index (χ0n) is 12.2. The van der Waals surface area contributed by atoms with E-state index in [2.05, 4.69) is 0 Å². The van der Waals surface area contributed by atoms with Crippen LogP contribution >= 0.6 is 11.6 Å². The molecule has 2 amide bonds. The summed E-state index contributed by atoms with van der Waals surface area (Å²) in [6.45, 7) is 2.71. The molecule has 1 heterocycles. The van der Waals surface area contributed by atoms with E-state index in [0.29, 0.717) is 35.8 Å². The molecule has 5 nitrogen and oxygen atoms in total. The largest absolute Gasteiger partial charge is 0.496 e. The molecule has 1 saturated heterocycles. The Labute approximate surface area is 129 Å². The van der Waals surface area contributed by atoms with E-state index in [0.717, 1.165) is 6.42 Å². The van der Waals surface area contributed by atoms with Crippen LogP contribution in [-0.4, -0.2) is 36.9 Å². The number of halogens is 1. The number of nitrogens with two attached hydrogens (primary N) is 1. The van der Waals surface area contributed by atoms with E-state index in [1.165, 1.54) is 7.11 Å². The van der Waals surface area contributed by atoms with Crippen LogP contribution in [0.15, 0.2) is 18.2 Å². The van der Waals surface area contributed by atoms with Gasteiger partial charge in [-0.2, -0.15) is 0 Å². The van der Waals surface area contributed by atoms with Crippen LogP contribution in [-0.2, 0) is 4.79 Å². The minimum absolute atomic E-state index is 0.193. The number of primary amides is 1. The van der Waals surface area contributed by atoms with Gasteiger partial charge in [-0.3, -0.25) is 9.59 Å². The number of methoxy groups -OCH3 is 1. The number of piperidine rings is 1. The lowest BCUT2D eigenvalue weighted by Crippen LogP contribution is -2.50. The smallest absolute Gasteiger partial charge is 0.257 e. The van der Waals surface area contributed by atoms with Gasteiger partial charge in [0.1, 0.15) is 5.75 Å². The third kappa shape index (κ3) is 3.13. The molecule has 21 heavy (non-hydrogen) atoms. The summed E-state index contributed by atoms with van der Waals surface area (Å²) in [5.74, 6) is -0.102. The van der Waals surface area contributed by atoms with Gasteiger partial charge in [0.2, 0.25) is 5.91 Å². The number of carbonyl (C=O) groups excluding carboxylic acids is 2. The predicted molar refractivity (Wildman–Crippen MR) is 80.4 cm³/mol. The summed E-state index contributed by atoms with van der Waals surface area (Å²) in [5, 5.41) is 0.467. The van der Waals surface area contributed by atoms with E-state index in [4.69, 9.17) is 22.1 Å². The first-order valence-electron chi connectivity index (χ1n) is 6.80. The fourth-order valence-electron chi connectivity index (χ4n) is 2.63. The Morgan fingerprint density at radius 1 is 1.43 bits per heavy atom. The molecule has 6 heteroatoms. The van der Waals surface area contributed by atoms with E-state index in [1.54, 1.807) is 30.0 Å². The first kappa shape index (κ1) is 15.6. The zero-order valence-corrected chi connectivity index (χ0v) is 12.9. The van der Waals surface area contributed by atoms with Gasteiger partial charge in [-0.15, -0.1) is 0 Å². The van der Waals surface area contributed by atoms with Gasteiger partial charge in [0.15, 0.2) is 0 Å². The highest BCUT2D eigenvalue weighted by Crippen LogP contribution is 2.31. The Morgan fingerprint density at radius 3 is 2.76 bits per heavy atom. The molecule has 1 fully saturated rings. The lowest BCUT2D eigenvalue weighted by atomic mass is 9.81. The SMILES string of the molecule is COc1ccc(Cl)cc1C(=O)N1CCCC(C)(C(N)=O)C1. The highest BCUT2D eigenvalue weighted by molar-refractivity contribution is 6.31. The Kier molecular flexibility index (Phi) is 4.42. The third-order valence-electron chi connectivity index (χ3n) is 3.97. The van der Waals surface area contributed by atoms with Crippen molar-refractivity contribution < 1.29 is 14.3 Å². The standard InChI is InChI=1S/C15H19ClN2O3/c1-15(14(17)20)6-3-7-18(9-15)13(19)11-8-10(16)4-5-12(11)21-2/h4-5,8H,3,6-7,9H2,1-2H3,(H2,17,20). The second kappa shape index (κ2) is 5.93. The zero-order chi connectivity index (χ0) is 15.6. The molecule has 1 aliphatic rings. The number of likely N-dealkylation sites (tertiary alicyclic amines) is 1. The predicted octanol–water partition coefficient (Wildman–Crippen LogP) is 2.08. The first-order valence-corrected chi connectivity index (χ1v) is 7.18. The number of hydrogen-bond acceptors (Lipinski definition) is 3. The summed E-state index contributed by atoms with van der Waals surface area (Å²) in [6.07, 6.45) is 1.44. The number of carbonyl (C=O) groups is 2. The Bertz CT molecular complexity index is 576. The van der Waals surface area contributed by atoms with Crippen molar-refractivity contribution in [3.63, 3.8) is 0 Å². The summed E-state index contributed by atoms with van der Waals surface area (Å²) in [5.41, 5.74) is 5.18. The van der Waals surface area contributed by atoms with Crippen LogP contribution in [0.25, 0.3) is 0 Å². The van der Waals surface area contributed by atoms with Crippen molar-refractivity contribution >= 4 is 23.4 Å². The summed E-state index contributed by atoms with van der Waals surface area (Å²) < 4.78 is 5.21. The Morgan fingerprint density at radius 2 is 2.14 bits per heavy atom. The maximum atomic E-state index is 12.7. The maximum Gasteiger partial charge on any atom is 0.257 e. The van der Waals surface area contributed by atoms with E-state index in [-0.39, 0.29) is 11.8 Å². The average molecular weight is 311 g/mol. The monoisotopic (exact) mass is 310 g/mol. The van der Waals surface area contributed by atoms with Crippen LogP contribution < -0.4 is 10.5 Å². The van der Waals surface area contributed by atoms with Crippen molar-refractivity contribution in [1.29, 1.82) is 0 Å². The summed E-state index contributed by atoms with van der Waals surface area (Å²) in [4.78, 5) is 25.9. The Hall–Kier alpha value is -1.75. The summed E-state index contributed by atoms with van der Waals surface area (Å²) >= 11 is 5.96. The number of nitrogens with zero attached hydrogens (tertiary/aromatic N) is 1. The van der Waals surface area contributed by atoms with Crippen LogP contribution in [0.4, 0.5) is 0 Å². The quantitative estimate of drug-likeness (QED) is 0.929. The number of ether oxygens (including phenoxy) is 1. The molecule has 0 aromatic heterocycles. The van der Waals surface area contributed by atoms with Gasteiger partial charge in [0.05, 0.1) is 18.1 Å². The van der Waals surface area contributed by atoms with Crippen molar-refractivity contribution in [1.82, 2.24) is 4.90 Å². The second-order valence-corrected chi connectivity index (χ2v) is 6.04. The van der Waals surface area contributed by atoms with Gasteiger partial charge in [0.25, 0.3) is 5.91 Å². The molecule has 0 aliphatic carbocycles. The molecular weight excluding hydrogens is 292 g/mol. The summed E-state index contributed by atoms with van der Waals surface area (Å²) in [7, 11) is 1.50. The minimum Gasteiger partial charge on any atom is -0.496 e. The molecule has 2 rings (SSSR count). The van der Waals surface area contributed by atoms with Gasteiger partial charge < -0.3 is 15.4 Å². The molecule has 0 spiro atoms. The third-order valence-corrected chi connectivity index (χ3v) is 4.21. The summed E-state index contributed by atoms with van der Waals surface area (Å²) in [6, 6.07) is 4.91. The first-order chi connectivity index (χ1) is 9.87. The van der Waals surface area contributed by atoms with Crippen molar-refractivity contribution in [3.8, 4) is 5.75 Å². The molecular formula is C15H19ClN2O3. The van der Waals surface area contributed by atoms with Crippen LogP contribution in [0.3, 0.4) is 0 Å². The van der Waals surface area contributed by atoms with Crippen LogP contribution in [0.1, 0.15) is 30.1 Å². The second-order valence-electron chi connectivity index (χ2n) is 5.60. The Balaban J connectivity index is 2.28. The van der Waals surface area contributed by atoms with E-state index in [9.17, 15) is 9.59 Å². The number of amides is 2. The van der Waals surface area contributed by atoms with Crippen molar-refractivity contribution in [3.05, 3.63) is 28.8 Å². The van der Waals surface area contributed by atoms with Crippen LogP contribution in [0, 0.1) is 5.41 Å². The molecule has 2 N–H and O–H groups in total. The highest BCUT2D eigenvalue weighted by Gasteiger charge is 2.38. The molecule has 1 aliphatic heterocycles. The number of benzene rings is 1. The van der Waals surface area contributed by atoms with Crippen LogP contribution in [0.5, 0.6) is 5.75 Å². The molecule has 0 radical (unpaired) electrons. The van der Waals surface area contributed by atoms with Crippen molar-refractivity contribution in [2.75, 3.05) is 20.2 Å². The fourth-order valence-corrected chi connectivity index (χ4v) is 2.80. The van der Waals surface area contributed by atoms with E-state index < -0.39 is 5.41 Å². The van der Waals surface area contributed by atoms with Crippen molar-refractivity contribution in [2.24, 2.45) is 11.1 Å². The normalized spacial score (nSPS) is 22.0. The molecule has 1 aromatic carbocycles. The average Bonchev–Trinajstić information content (AvgIpc) is 2.46. The van der Waals surface area contributed by atoms with Gasteiger partial charge in [-0.25, -0.2) is 0 Å². The lowest BCUT2D eigenvalue weighted by Gasteiger charge is -2.38. The fraction of sp³-hybridized carbons (Fsp3) is 0.467. The molecule has 114 valence electrons. The molecule has 1 unspecified atom stereocenters.